The number of aryl methyl sites for hydroxylation is 1. The summed E-state index contributed by atoms with van der Waals surface area (Å²) in [5.41, 5.74) is 6.41. The molecule has 3 aromatic rings. The molecule has 0 N–H and O–H groups in total. The van der Waals surface area contributed by atoms with Crippen molar-refractivity contribution < 1.29 is 13.2 Å². The Morgan fingerprint density at radius 3 is 1.50 bits per heavy atom. The van der Waals surface area contributed by atoms with Crippen molar-refractivity contribution >= 4 is 13.5 Å². The van der Waals surface area contributed by atoms with Crippen molar-refractivity contribution in [3.8, 4) is 22.3 Å². The van der Waals surface area contributed by atoms with Gasteiger partial charge in [-0.05, 0) is 29.2 Å². The average molecular weight is 349 g/mol. The fraction of sp³-hybridized carbons (Fsp3) is 0.100. The summed E-state index contributed by atoms with van der Waals surface area (Å²) in [5.74, 6) is 0. The predicted molar refractivity (Wildman–Crippen MR) is 101 cm³/mol. The molecule has 0 nitrogen and oxygen atoms in total. The Morgan fingerprint density at radius 2 is 1.04 bits per heavy atom. The Balaban J connectivity index is 0.000000522. The largest absolute Gasteiger partial charge is 0.379 e. The molecule has 0 bridgehead atoms. The van der Waals surface area contributed by atoms with E-state index in [1.807, 2.05) is 0 Å². The molecule has 0 radical (unpaired) electrons. The van der Waals surface area contributed by atoms with Crippen LogP contribution in [0.15, 0.2) is 78.9 Å². The SMILES string of the molecule is Cc1ccc(-c2ccccc2)c(-c2ccccc2)c1.FC(F)F.[SH3+]. The van der Waals surface area contributed by atoms with Gasteiger partial charge in [0, 0.05) is 0 Å². The Kier molecular flexibility index (Phi) is 8.13. The van der Waals surface area contributed by atoms with Crippen molar-refractivity contribution in [2.24, 2.45) is 0 Å². The second-order valence-electron chi connectivity index (χ2n) is 5.03. The molecular weight excluding hydrogens is 329 g/mol. The average Bonchev–Trinajstić information content (AvgIpc) is 2.56. The topological polar surface area (TPSA) is 0 Å². The molecule has 0 aromatic heterocycles. The summed E-state index contributed by atoms with van der Waals surface area (Å²) in [5, 5.41) is 0. The molecule has 0 atom stereocenters. The van der Waals surface area contributed by atoms with Crippen molar-refractivity contribution in [2.75, 3.05) is 0 Å². The molecule has 24 heavy (non-hydrogen) atoms. The standard InChI is InChI=1S/C19H16.CHF3.H2S/c1-15-12-13-18(16-8-4-2-5-9-16)19(14-15)17-10-6-3-7-11-17;2-1(3)4;/h2-14H,1H3;1H;1H2/p+1. The summed E-state index contributed by atoms with van der Waals surface area (Å²) in [6, 6.07) is 27.8. The maximum atomic E-state index is 9.67. The van der Waals surface area contributed by atoms with Gasteiger partial charge in [0.1, 0.15) is 0 Å². The maximum absolute atomic E-state index is 9.67. The van der Waals surface area contributed by atoms with E-state index in [4.69, 9.17) is 0 Å². The molecule has 0 aliphatic carbocycles. The molecule has 0 aliphatic heterocycles. The highest BCUT2D eigenvalue weighted by atomic mass is 32.1. The maximum Gasteiger partial charge on any atom is 0.379 e. The summed E-state index contributed by atoms with van der Waals surface area (Å²) in [6.45, 7) is -1.53. The molecule has 3 aromatic carbocycles. The molecule has 0 saturated heterocycles. The van der Waals surface area contributed by atoms with Gasteiger partial charge in [-0.1, -0.05) is 97.9 Å². The summed E-state index contributed by atoms with van der Waals surface area (Å²) >= 11 is 0. The lowest BCUT2D eigenvalue weighted by Crippen LogP contribution is -1.86. The van der Waals surface area contributed by atoms with Gasteiger partial charge in [0.15, 0.2) is 0 Å². The normalized spacial score (nSPS) is 9.71. The minimum Gasteiger partial charge on any atom is -0.174 e. The zero-order chi connectivity index (χ0) is 16.7. The fourth-order valence-corrected chi connectivity index (χ4v) is 2.38. The van der Waals surface area contributed by atoms with Gasteiger partial charge < -0.3 is 0 Å². The van der Waals surface area contributed by atoms with Gasteiger partial charge in [-0.15, -0.1) is 0 Å². The highest BCUT2D eigenvalue weighted by Gasteiger charge is 2.06. The summed E-state index contributed by atoms with van der Waals surface area (Å²) in [4.78, 5) is 0. The van der Waals surface area contributed by atoms with Gasteiger partial charge in [0.25, 0.3) is 0 Å². The Labute approximate surface area is 147 Å². The summed E-state index contributed by atoms with van der Waals surface area (Å²) in [6.07, 6.45) is 0. The molecule has 0 saturated carbocycles. The van der Waals surface area contributed by atoms with Crippen molar-refractivity contribution in [3.63, 3.8) is 0 Å². The molecule has 4 heteroatoms. The number of hydrogen-bond donors (Lipinski definition) is 0. The Hall–Kier alpha value is -2.20. The third-order valence-electron chi connectivity index (χ3n) is 3.34. The van der Waals surface area contributed by atoms with Gasteiger partial charge in [-0.3, -0.25) is 0 Å². The zero-order valence-electron chi connectivity index (χ0n) is 13.3. The molecule has 0 aliphatic rings. The van der Waals surface area contributed by atoms with Crippen LogP contribution < -0.4 is 0 Å². The van der Waals surface area contributed by atoms with E-state index < -0.39 is 6.68 Å². The minimum absolute atomic E-state index is 0. The number of rotatable bonds is 2. The third-order valence-corrected chi connectivity index (χ3v) is 3.34. The Bertz CT molecular complexity index is 726. The number of halogens is 3. The van der Waals surface area contributed by atoms with E-state index in [1.165, 1.54) is 27.8 Å². The van der Waals surface area contributed by atoms with Crippen molar-refractivity contribution in [1.29, 1.82) is 0 Å². The first-order valence-electron chi connectivity index (χ1n) is 7.21. The predicted octanol–water partition coefficient (Wildman–Crippen LogP) is 5.70. The van der Waals surface area contributed by atoms with E-state index in [-0.39, 0.29) is 13.5 Å². The highest BCUT2D eigenvalue weighted by Crippen LogP contribution is 2.32. The molecule has 0 amide bonds. The van der Waals surface area contributed by atoms with Crippen LogP contribution in [0.1, 0.15) is 5.56 Å². The highest BCUT2D eigenvalue weighted by molar-refractivity contribution is 7.37. The lowest BCUT2D eigenvalue weighted by Gasteiger charge is -2.11. The summed E-state index contributed by atoms with van der Waals surface area (Å²) in [7, 11) is 0. The van der Waals surface area contributed by atoms with Crippen LogP contribution in [0.25, 0.3) is 22.3 Å². The van der Waals surface area contributed by atoms with E-state index in [0.717, 1.165) is 0 Å². The third kappa shape index (κ3) is 5.78. The Morgan fingerprint density at radius 1 is 0.625 bits per heavy atom. The molecule has 0 spiro atoms. The molecule has 3 rings (SSSR count). The first-order chi connectivity index (χ1) is 11.1. The van der Waals surface area contributed by atoms with Gasteiger partial charge in [0.2, 0.25) is 0 Å². The van der Waals surface area contributed by atoms with Crippen LogP contribution in [-0.4, -0.2) is 6.68 Å². The number of benzene rings is 3. The smallest absolute Gasteiger partial charge is 0.174 e. The molecule has 0 heterocycles. The summed E-state index contributed by atoms with van der Waals surface area (Å²) < 4.78 is 29.0. The van der Waals surface area contributed by atoms with Crippen LogP contribution in [-0.2, 0) is 13.5 Å². The second-order valence-corrected chi connectivity index (χ2v) is 5.03. The van der Waals surface area contributed by atoms with E-state index in [1.54, 1.807) is 0 Å². The minimum atomic E-state index is -3.67. The van der Waals surface area contributed by atoms with Crippen LogP contribution in [0.4, 0.5) is 13.2 Å². The first-order valence-corrected chi connectivity index (χ1v) is 7.21. The van der Waals surface area contributed by atoms with E-state index in [9.17, 15) is 13.2 Å². The van der Waals surface area contributed by atoms with E-state index >= 15 is 0 Å². The van der Waals surface area contributed by atoms with Gasteiger partial charge in [-0.25, -0.2) is 0 Å². The molecule has 126 valence electrons. The van der Waals surface area contributed by atoms with Gasteiger partial charge in [0.05, 0.1) is 0 Å². The van der Waals surface area contributed by atoms with Crippen LogP contribution in [0, 0.1) is 6.92 Å². The van der Waals surface area contributed by atoms with Gasteiger partial charge in [-0.2, -0.15) is 13.2 Å². The quantitative estimate of drug-likeness (QED) is 0.521. The van der Waals surface area contributed by atoms with Crippen molar-refractivity contribution in [1.82, 2.24) is 0 Å². The number of hydrogen-bond acceptors (Lipinski definition) is 0. The van der Waals surface area contributed by atoms with E-state index in [0.29, 0.717) is 0 Å². The monoisotopic (exact) mass is 349 g/mol. The van der Waals surface area contributed by atoms with Gasteiger partial charge >= 0.3 is 6.68 Å². The fourth-order valence-electron chi connectivity index (χ4n) is 2.38. The zero-order valence-corrected chi connectivity index (χ0v) is 14.4. The lowest BCUT2D eigenvalue weighted by atomic mass is 9.93. The van der Waals surface area contributed by atoms with Crippen LogP contribution in [0.2, 0.25) is 0 Å². The van der Waals surface area contributed by atoms with Crippen molar-refractivity contribution in [3.05, 3.63) is 84.4 Å². The van der Waals surface area contributed by atoms with E-state index in [2.05, 4.69) is 85.8 Å². The second kappa shape index (κ2) is 9.83. The van der Waals surface area contributed by atoms with Crippen molar-refractivity contribution in [2.45, 2.75) is 13.6 Å². The molecule has 0 unspecified atom stereocenters. The number of alkyl halides is 3. The van der Waals surface area contributed by atoms with Crippen LogP contribution in [0.3, 0.4) is 0 Å². The van der Waals surface area contributed by atoms with Crippen LogP contribution >= 0.6 is 0 Å². The molecular formula is C20H20F3S+. The first kappa shape index (κ1) is 19.8. The van der Waals surface area contributed by atoms with Crippen LogP contribution in [0.5, 0.6) is 0 Å². The lowest BCUT2D eigenvalue weighted by molar-refractivity contribution is 0.00819. The molecule has 0 fully saturated rings.